The molecule has 0 fully saturated rings. The Morgan fingerprint density at radius 3 is 2.53 bits per heavy atom. The summed E-state index contributed by atoms with van der Waals surface area (Å²) in [6.07, 6.45) is -1.79. The summed E-state index contributed by atoms with van der Waals surface area (Å²) in [5, 5.41) is 0.614. The van der Waals surface area contributed by atoms with Crippen molar-refractivity contribution in [3.63, 3.8) is 0 Å². The number of aryl methyl sites for hydroxylation is 1. The zero-order chi connectivity index (χ0) is 21.9. The van der Waals surface area contributed by atoms with Crippen LogP contribution in [0, 0.1) is 3.57 Å². The SMILES string of the molecule is CCCCc1oc2ccccc2c1C(=O)c1cc(I)c(OCCC)c(C(F)(F)F)c1. The molecule has 0 aliphatic rings. The molecule has 0 N–H and O–H groups in total. The molecule has 7 heteroatoms. The first-order chi connectivity index (χ1) is 14.3. The summed E-state index contributed by atoms with van der Waals surface area (Å²) in [5.41, 5.74) is -0.0696. The Morgan fingerprint density at radius 2 is 1.87 bits per heavy atom. The average molecular weight is 530 g/mol. The van der Waals surface area contributed by atoms with E-state index in [0.717, 1.165) is 18.9 Å². The fraction of sp³-hybridized carbons (Fsp3) is 0.348. The maximum Gasteiger partial charge on any atom is 0.420 e. The van der Waals surface area contributed by atoms with Crippen molar-refractivity contribution in [2.45, 2.75) is 45.7 Å². The van der Waals surface area contributed by atoms with Gasteiger partial charge in [0.2, 0.25) is 0 Å². The van der Waals surface area contributed by atoms with Gasteiger partial charge in [0.25, 0.3) is 0 Å². The average Bonchev–Trinajstić information content (AvgIpc) is 3.07. The number of rotatable bonds is 8. The normalized spacial score (nSPS) is 11.8. The third kappa shape index (κ3) is 4.66. The second kappa shape index (κ2) is 9.41. The number of carbonyl (C=O) groups excluding carboxylic acids is 1. The van der Waals surface area contributed by atoms with Crippen molar-refractivity contribution in [1.82, 2.24) is 0 Å². The van der Waals surface area contributed by atoms with E-state index >= 15 is 0 Å². The minimum absolute atomic E-state index is 0.0279. The van der Waals surface area contributed by atoms with E-state index < -0.39 is 17.5 Å². The van der Waals surface area contributed by atoms with Crippen LogP contribution in [-0.2, 0) is 12.6 Å². The Bertz CT molecular complexity index is 1050. The van der Waals surface area contributed by atoms with E-state index in [1.165, 1.54) is 6.07 Å². The lowest BCUT2D eigenvalue weighted by Gasteiger charge is -2.17. The Balaban J connectivity index is 2.14. The van der Waals surface area contributed by atoms with Gasteiger partial charge in [0.1, 0.15) is 17.1 Å². The minimum Gasteiger partial charge on any atom is -0.492 e. The topological polar surface area (TPSA) is 39.4 Å². The van der Waals surface area contributed by atoms with Gasteiger partial charge in [0.15, 0.2) is 5.78 Å². The summed E-state index contributed by atoms with van der Waals surface area (Å²) in [4.78, 5) is 13.4. The van der Waals surface area contributed by atoms with Gasteiger partial charge in [-0.3, -0.25) is 4.79 Å². The highest BCUT2D eigenvalue weighted by molar-refractivity contribution is 14.1. The molecule has 1 heterocycles. The lowest BCUT2D eigenvalue weighted by molar-refractivity contribution is -0.139. The maximum absolute atomic E-state index is 13.7. The molecular formula is C23H22F3IO3. The highest BCUT2D eigenvalue weighted by Gasteiger charge is 2.37. The van der Waals surface area contributed by atoms with Crippen LogP contribution < -0.4 is 4.74 Å². The van der Waals surface area contributed by atoms with Crippen molar-refractivity contribution in [1.29, 1.82) is 0 Å². The molecule has 30 heavy (non-hydrogen) atoms. The third-order valence-electron chi connectivity index (χ3n) is 4.71. The van der Waals surface area contributed by atoms with E-state index in [0.29, 0.717) is 35.1 Å². The number of unbranched alkanes of at least 4 members (excludes halogenated alkanes) is 1. The number of hydrogen-bond acceptors (Lipinski definition) is 3. The molecule has 0 saturated carbocycles. The summed E-state index contributed by atoms with van der Waals surface area (Å²) in [5.74, 6) is -0.195. The summed E-state index contributed by atoms with van der Waals surface area (Å²) in [6.45, 7) is 4.01. The molecule has 0 unspecified atom stereocenters. The molecule has 0 radical (unpaired) electrons. The van der Waals surface area contributed by atoms with Crippen molar-refractivity contribution in [3.8, 4) is 5.75 Å². The number of carbonyl (C=O) groups is 1. The van der Waals surface area contributed by atoms with E-state index in [4.69, 9.17) is 9.15 Å². The predicted molar refractivity (Wildman–Crippen MR) is 118 cm³/mol. The summed E-state index contributed by atoms with van der Waals surface area (Å²) >= 11 is 1.79. The van der Waals surface area contributed by atoms with E-state index in [-0.39, 0.29) is 21.5 Å². The Hall–Kier alpha value is -2.03. The molecule has 0 atom stereocenters. The Kier molecular flexibility index (Phi) is 7.10. The molecule has 0 spiro atoms. The fourth-order valence-corrected chi connectivity index (χ4v) is 4.07. The van der Waals surface area contributed by atoms with Gasteiger partial charge < -0.3 is 9.15 Å². The van der Waals surface area contributed by atoms with Gasteiger partial charge in [0, 0.05) is 17.4 Å². The van der Waals surface area contributed by atoms with Crippen molar-refractivity contribution >= 4 is 39.3 Å². The van der Waals surface area contributed by atoms with Crippen molar-refractivity contribution in [3.05, 3.63) is 62.4 Å². The monoisotopic (exact) mass is 530 g/mol. The lowest BCUT2D eigenvalue weighted by Crippen LogP contribution is -2.13. The van der Waals surface area contributed by atoms with Crippen LogP contribution in [0.25, 0.3) is 11.0 Å². The van der Waals surface area contributed by atoms with Crippen LogP contribution in [0.15, 0.2) is 40.8 Å². The quantitative estimate of drug-likeness (QED) is 0.225. The van der Waals surface area contributed by atoms with Gasteiger partial charge in [-0.2, -0.15) is 13.2 Å². The van der Waals surface area contributed by atoms with Crippen LogP contribution in [0.4, 0.5) is 13.2 Å². The first kappa shape index (κ1) is 22.7. The first-order valence-electron chi connectivity index (χ1n) is 9.86. The van der Waals surface area contributed by atoms with Crippen molar-refractivity contribution in [2.24, 2.45) is 0 Å². The molecular weight excluding hydrogens is 508 g/mol. The number of ether oxygens (including phenoxy) is 1. The molecule has 3 rings (SSSR count). The van der Waals surface area contributed by atoms with Gasteiger partial charge >= 0.3 is 6.18 Å². The number of para-hydroxylation sites is 1. The number of furan rings is 1. The molecule has 0 amide bonds. The van der Waals surface area contributed by atoms with Crippen LogP contribution in [0.1, 0.15) is 60.4 Å². The lowest BCUT2D eigenvalue weighted by atomic mass is 9.96. The third-order valence-corrected chi connectivity index (χ3v) is 5.52. The van der Waals surface area contributed by atoms with Gasteiger partial charge in [-0.1, -0.05) is 38.5 Å². The van der Waals surface area contributed by atoms with Crippen LogP contribution in [0.3, 0.4) is 0 Å². The molecule has 0 aliphatic carbocycles. The van der Waals surface area contributed by atoms with Gasteiger partial charge in [0.05, 0.1) is 21.3 Å². The molecule has 3 nitrogen and oxygen atoms in total. The summed E-state index contributed by atoms with van der Waals surface area (Å²) in [7, 11) is 0. The highest BCUT2D eigenvalue weighted by Crippen LogP contribution is 2.41. The molecule has 3 aromatic rings. The van der Waals surface area contributed by atoms with Crippen molar-refractivity contribution < 1.29 is 27.1 Å². The number of hydrogen-bond donors (Lipinski definition) is 0. The number of ketones is 1. The predicted octanol–water partition coefficient (Wildman–Crippen LogP) is 7.42. The highest BCUT2D eigenvalue weighted by atomic mass is 127. The maximum atomic E-state index is 13.7. The Labute approximate surface area is 186 Å². The zero-order valence-electron chi connectivity index (χ0n) is 16.7. The molecule has 0 bridgehead atoms. The molecule has 0 saturated heterocycles. The van der Waals surface area contributed by atoms with Gasteiger partial charge in [-0.15, -0.1) is 0 Å². The number of fused-ring (bicyclic) bond motifs is 1. The summed E-state index contributed by atoms with van der Waals surface area (Å²) in [6, 6.07) is 9.44. The number of benzene rings is 2. The number of halogens is 4. The smallest absolute Gasteiger partial charge is 0.420 e. The first-order valence-corrected chi connectivity index (χ1v) is 10.9. The standard InChI is InChI=1S/C23H22F3IO3/c1-3-5-9-19-20(15-8-6-7-10-18(15)30-19)21(28)14-12-16(23(24,25)26)22(17(27)13-14)29-11-4-2/h6-8,10,12-13H,3-5,9,11H2,1-2H3. The van der Waals surface area contributed by atoms with E-state index in [9.17, 15) is 18.0 Å². The fourth-order valence-electron chi connectivity index (χ4n) is 3.29. The zero-order valence-corrected chi connectivity index (χ0v) is 18.9. The van der Waals surface area contributed by atoms with E-state index in [2.05, 4.69) is 0 Å². The van der Waals surface area contributed by atoms with Gasteiger partial charge in [-0.05, 0) is 53.6 Å². The summed E-state index contributed by atoms with van der Waals surface area (Å²) < 4.78 is 52.7. The number of alkyl halides is 3. The molecule has 0 aliphatic heterocycles. The van der Waals surface area contributed by atoms with Crippen LogP contribution in [0.5, 0.6) is 5.75 Å². The van der Waals surface area contributed by atoms with Crippen LogP contribution in [-0.4, -0.2) is 12.4 Å². The van der Waals surface area contributed by atoms with E-state index in [1.807, 2.05) is 13.8 Å². The second-order valence-electron chi connectivity index (χ2n) is 7.01. The van der Waals surface area contributed by atoms with E-state index in [1.54, 1.807) is 46.9 Å². The molecule has 160 valence electrons. The Morgan fingerprint density at radius 1 is 1.13 bits per heavy atom. The van der Waals surface area contributed by atoms with Crippen molar-refractivity contribution in [2.75, 3.05) is 6.61 Å². The van der Waals surface area contributed by atoms with Crippen LogP contribution >= 0.6 is 22.6 Å². The largest absolute Gasteiger partial charge is 0.492 e. The molecule has 2 aromatic carbocycles. The minimum atomic E-state index is -4.64. The molecule has 1 aromatic heterocycles. The second-order valence-corrected chi connectivity index (χ2v) is 8.17. The van der Waals surface area contributed by atoms with Gasteiger partial charge in [-0.25, -0.2) is 0 Å². The van der Waals surface area contributed by atoms with Crippen LogP contribution in [0.2, 0.25) is 0 Å².